The highest BCUT2D eigenvalue weighted by Gasteiger charge is 2.50. The summed E-state index contributed by atoms with van der Waals surface area (Å²) in [5.41, 5.74) is 3.39. The molecule has 1 N–H and O–H groups in total. The van der Waals surface area contributed by atoms with Gasteiger partial charge in [-0.3, -0.25) is 19.9 Å². The van der Waals surface area contributed by atoms with E-state index in [0.717, 1.165) is 49.1 Å². The molecule has 2 fully saturated rings. The minimum absolute atomic E-state index is 0.00747. The lowest BCUT2D eigenvalue weighted by Crippen LogP contribution is -2.42. The molecule has 1 aliphatic heterocycles. The summed E-state index contributed by atoms with van der Waals surface area (Å²) in [5, 5.41) is 3.00. The lowest BCUT2D eigenvalue weighted by atomic mass is 9.65. The number of nitrogens with zero attached hydrogens (tertiary/aromatic N) is 4. The van der Waals surface area contributed by atoms with Crippen molar-refractivity contribution in [3.05, 3.63) is 66.5 Å². The number of carbonyl (C=O) groups is 2. The normalized spacial score (nSPS) is 22.5. The molecule has 2 aromatic heterocycles. The zero-order chi connectivity index (χ0) is 21.6. The molecule has 3 aromatic rings. The maximum atomic E-state index is 12.8. The number of rotatable bonds is 4. The standard InChI is InChI=1S/C24H25N5O2/c1-3-21(30)28-11-10-24(15-28)12-18(13-24)29-20-7-5-4-6-19(20)26-23(29)27-22(31)17-9-8-16(2)25-14-17/h3-9,14,18H,1,10-13,15H2,2H3,(H,26,27,31). The number of benzene rings is 1. The van der Waals surface area contributed by atoms with E-state index >= 15 is 0 Å². The summed E-state index contributed by atoms with van der Waals surface area (Å²) in [6.07, 6.45) is 5.91. The van der Waals surface area contributed by atoms with Crippen molar-refractivity contribution in [2.75, 3.05) is 18.4 Å². The molecule has 31 heavy (non-hydrogen) atoms. The largest absolute Gasteiger partial charge is 0.339 e. The highest BCUT2D eigenvalue weighted by atomic mass is 16.2. The van der Waals surface area contributed by atoms with Crippen LogP contribution in [0.25, 0.3) is 11.0 Å². The Labute approximate surface area is 180 Å². The number of anilines is 1. The minimum Gasteiger partial charge on any atom is -0.339 e. The molecule has 0 atom stereocenters. The number of amides is 2. The average molecular weight is 415 g/mol. The summed E-state index contributed by atoms with van der Waals surface area (Å²) < 4.78 is 2.15. The van der Waals surface area contributed by atoms with Gasteiger partial charge in [0.2, 0.25) is 11.9 Å². The van der Waals surface area contributed by atoms with E-state index in [9.17, 15) is 9.59 Å². The monoisotopic (exact) mass is 415 g/mol. The average Bonchev–Trinajstić information content (AvgIpc) is 3.34. The number of hydrogen-bond donors (Lipinski definition) is 1. The summed E-state index contributed by atoms with van der Waals surface area (Å²) >= 11 is 0. The lowest BCUT2D eigenvalue weighted by molar-refractivity contribution is -0.125. The Morgan fingerprint density at radius 3 is 2.77 bits per heavy atom. The quantitative estimate of drug-likeness (QED) is 0.659. The molecule has 0 unspecified atom stereocenters. The van der Waals surface area contributed by atoms with Crippen molar-refractivity contribution in [1.29, 1.82) is 0 Å². The zero-order valence-corrected chi connectivity index (χ0v) is 17.5. The molecule has 0 bridgehead atoms. The van der Waals surface area contributed by atoms with Crippen LogP contribution in [0.4, 0.5) is 5.95 Å². The Kier molecular flexibility index (Phi) is 4.61. The number of hydrogen-bond acceptors (Lipinski definition) is 4. The molecule has 158 valence electrons. The third-order valence-electron chi connectivity index (χ3n) is 6.62. The Hall–Kier alpha value is -3.48. The van der Waals surface area contributed by atoms with Crippen LogP contribution in [0.1, 0.15) is 41.4 Å². The molecule has 1 aliphatic carbocycles. The maximum absolute atomic E-state index is 12.8. The minimum atomic E-state index is -0.221. The SMILES string of the molecule is C=CC(=O)N1CCC2(CC(n3c(NC(=O)c4ccc(C)nc4)nc4ccccc43)C2)C1. The molecular formula is C24H25N5O2. The first-order valence-electron chi connectivity index (χ1n) is 10.6. The topological polar surface area (TPSA) is 80.1 Å². The molecule has 1 aromatic carbocycles. The smallest absolute Gasteiger partial charge is 0.259 e. The van der Waals surface area contributed by atoms with Gasteiger partial charge in [-0.25, -0.2) is 4.98 Å². The van der Waals surface area contributed by atoms with Crippen LogP contribution in [0.2, 0.25) is 0 Å². The van der Waals surface area contributed by atoms with Crippen molar-refractivity contribution in [2.45, 2.75) is 32.2 Å². The van der Waals surface area contributed by atoms with Crippen LogP contribution in [0.5, 0.6) is 0 Å². The number of pyridine rings is 1. The number of fused-ring (bicyclic) bond motifs is 1. The number of nitrogens with one attached hydrogen (secondary N) is 1. The van der Waals surface area contributed by atoms with Crippen molar-refractivity contribution < 1.29 is 9.59 Å². The van der Waals surface area contributed by atoms with Crippen molar-refractivity contribution in [2.24, 2.45) is 5.41 Å². The molecule has 5 rings (SSSR count). The Balaban J connectivity index is 1.40. The van der Waals surface area contributed by atoms with E-state index in [2.05, 4.69) is 21.4 Å². The number of carbonyl (C=O) groups excluding carboxylic acids is 2. The number of aryl methyl sites for hydroxylation is 1. The summed E-state index contributed by atoms with van der Waals surface area (Å²) in [4.78, 5) is 35.6. The molecule has 0 radical (unpaired) electrons. The van der Waals surface area contributed by atoms with Crippen molar-refractivity contribution >= 4 is 28.8 Å². The molecule has 2 aliphatic rings. The van der Waals surface area contributed by atoms with Crippen molar-refractivity contribution in [3.63, 3.8) is 0 Å². The predicted molar refractivity (Wildman–Crippen MR) is 119 cm³/mol. The molecule has 1 saturated carbocycles. The third kappa shape index (κ3) is 3.40. The van der Waals surface area contributed by atoms with Crippen molar-refractivity contribution in [1.82, 2.24) is 19.4 Å². The Morgan fingerprint density at radius 1 is 1.23 bits per heavy atom. The van der Waals surface area contributed by atoms with Gasteiger partial charge in [0, 0.05) is 31.0 Å². The number of aromatic nitrogens is 3. The Morgan fingerprint density at radius 2 is 2.03 bits per heavy atom. The van der Waals surface area contributed by atoms with Gasteiger partial charge in [0.05, 0.1) is 16.6 Å². The van der Waals surface area contributed by atoms with Crippen LogP contribution in [-0.4, -0.2) is 44.3 Å². The van der Waals surface area contributed by atoms with E-state index < -0.39 is 0 Å². The first-order chi connectivity index (χ1) is 15.0. The summed E-state index contributed by atoms with van der Waals surface area (Å²) in [6, 6.07) is 11.8. The fourth-order valence-corrected chi connectivity index (χ4v) is 4.99. The van der Waals surface area contributed by atoms with Crippen LogP contribution in [-0.2, 0) is 4.79 Å². The van der Waals surface area contributed by atoms with Crippen LogP contribution in [0, 0.1) is 12.3 Å². The Bertz CT molecular complexity index is 1170. The second kappa shape index (κ2) is 7.34. The first kappa shape index (κ1) is 19.5. The van der Waals surface area contributed by atoms with Gasteiger partial charge in [-0.1, -0.05) is 18.7 Å². The number of para-hydroxylation sites is 2. The van der Waals surface area contributed by atoms with E-state index in [1.54, 1.807) is 12.3 Å². The fourth-order valence-electron chi connectivity index (χ4n) is 4.99. The first-order valence-corrected chi connectivity index (χ1v) is 10.6. The van der Waals surface area contributed by atoms with E-state index in [4.69, 9.17) is 4.98 Å². The second-order valence-corrected chi connectivity index (χ2v) is 8.71. The predicted octanol–water partition coefficient (Wildman–Crippen LogP) is 3.73. The van der Waals surface area contributed by atoms with Crippen LogP contribution >= 0.6 is 0 Å². The van der Waals surface area contributed by atoms with Gasteiger partial charge in [-0.05, 0) is 61.9 Å². The van der Waals surface area contributed by atoms with Crippen molar-refractivity contribution in [3.8, 4) is 0 Å². The van der Waals surface area contributed by atoms with Crippen LogP contribution in [0.15, 0.2) is 55.3 Å². The van der Waals surface area contributed by atoms with E-state index in [0.29, 0.717) is 11.5 Å². The molecule has 1 spiro atoms. The number of imidazole rings is 1. The molecular weight excluding hydrogens is 390 g/mol. The zero-order valence-electron chi connectivity index (χ0n) is 17.5. The number of likely N-dealkylation sites (tertiary alicyclic amines) is 1. The summed E-state index contributed by atoms with van der Waals surface area (Å²) in [5.74, 6) is 0.346. The molecule has 2 amide bonds. The highest BCUT2D eigenvalue weighted by Crippen LogP contribution is 2.55. The highest BCUT2D eigenvalue weighted by molar-refractivity contribution is 6.04. The molecule has 1 saturated heterocycles. The fraction of sp³-hybridized carbons (Fsp3) is 0.333. The van der Waals surface area contributed by atoms with Crippen LogP contribution in [0.3, 0.4) is 0 Å². The molecule has 7 heteroatoms. The molecule has 7 nitrogen and oxygen atoms in total. The van der Waals surface area contributed by atoms with Gasteiger partial charge in [0.25, 0.3) is 5.91 Å². The van der Waals surface area contributed by atoms with Crippen LogP contribution < -0.4 is 5.32 Å². The van der Waals surface area contributed by atoms with E-state index in [1.165, 1.54) is 6.08 Å². The summed E-state index contributed by atoms with van der Waals surface area (Å²) in [6.45, 7) is 7.06. The second-order valence-electron chi connectivity index (χ2n) is 8.71. The van der Waals surface area contributed by atoms with Gasteiger partial charge in [0.1, 0.15) is 0 Å². The van der Waals surface area contributed by atoms with Gasteiger partial charge in [-0.2, -0.15) is 0 Å². The third-order valence-corrected chi connectivity index (χ3v) is 6.62. The van der Waals surface area contributed by atoms with Gasteiger partial charge < -0.3 is 9.47 Å². The lowest BCUT2D eigenvalue weighted by Gasteiger charge is -2.46. The summed E-state index contributed by atoms with van der Waals surface area (Å²) in [7, 11) is 0. The van der Waals surface area contributed by atoms with E-state index in [1.807, 2.05) is 42.2 Å². The maximum Gasteiger partial charge on any atom is 0.259 e. The van der Waals surface area contributed by atoms with E-state index in [-0.39, 0.29) is 23.3 Å². The van der Waals surface area contributed by atoms with Gasteiger partial charge in [0.15, 0.2) is 0 Å². The van der Waals surface area contributed by atoms with Gasteiger partial charge >= 0.3 is 0 Å². The van der Waals surface area contributed by atoms with Gasteiger partial charge in [-0.15, -0.1) is 0 Å². The molecule has 3 heterocycles.